The lowest BCUT2D eigenvalue weighted by atomic mass is 10.2. The Labute approximate surface area is 159 Å². The van der Waals surface area contributed by atoms with Gasteiger partial charge in [0.1, 0.15) is 41.0 Å². The highest BCUT2D eigenvalue weighted by Gasteiger charge is 2.14. The largest absolute Gasteiger partial charge is 0.497 e. The second-order valence-electron chi connectivity index (χ2n) is 5.56. The highest BCUT2D eigenvalue weighted by Crippen LogP contribution is 2.29. The molecule has 1 aromatic heterocycles. The van der Waals surface area contributed by atoms with Crippen molar-refractivity contribution in [2.24, 2.45) is 0 Å². The molecule has 0 saturated heterocycles. The maximum Gasteiger partial charge on any atom is 0.274 e. The minimum atomic E-state index is -0.786. The molecule has 2 aromatic carbocycles. The first-order chi connectivity index (χ1) is 13.5. The lowest BCUT2D eigenvalue weighted by Crippen LogP contribution is -2.15. The molecule has 0 aliphatic rings. The molecular weight excluding hydrogens is 370 g/mol. The monoisotopic (exact) mass is 386 g/mol. The predicted octanol–water partition coefficient (Wildman–Crippen LogP) is 3.77. The van der Waals surface area contributed by atoms with E-state index in [0.29, 0.717) is 17.2 Å². The summed E-state index contributed by atoms with van der Waals surface area (Å²) in [6.07, 6.45) is 1.15. The number of nitrogens with zero attached hydrogens (tertiary/aromatic N) is 2. The van der Waals surface area contributed by atoms with Gasteiger partial charge in [-0.3, -0.25) is 4.79 Å². The summed E-state index contributed by atoms with van der Waals surface area (Å²) >= 11 is 0. The number of aromatic nitrogens is 2. The van der Waals surface area contributed by atoms with Crippen LogP contribution < -0.4 is 20.1 Å². The molecule has 144 valence electrons. The van der Waals surface area contributed by atoms with Crippen LogP contribution in [0, 0.1) is 11.6 Å². The zero-order valence-corrected chi connectivity index (χ0v) is 15.0. The van der Waals surface area contributed by atoms with E-state index >= 15 is 0 Å². The smallest absolute Gasteiger partial charge is 0.274 e. The molecule has 0 atom stereocenters. The number of methoxy groups -OCH3 is 2. The fourth-order valence-corrected chi connectivity index (χ4v) is 2.38. The Bertz CT molecular complexity index is 1010. The SMILES string of the molecule is COc1ccc(OC)c(NC(=O)c2cc(Nc3ccc(F)cc3F)ncn2)c1. The van der Waals surface area contributed by atoms with E-state index in [1.165, 1.54) is 26.4 Å². The van der Waals surface area contributed by atoms with E-state index in [0.717, 1.165) is 18.5 Å². The number of ether oxygens (including phenoxy) is 2. The van der Waals surface area contributed by atoms with E-state index in [1.54, 1.807) is 18.2 Å². The number of nitrogens with one attached hydrogen (secondary N) is 2. The molecule has 3 aromatic rings. The minimum Gasteiger partial charge on any atom is -0.497 e. The first kappa shape index (κ1) is 19.0. The number of hydrogen-bond acceptors (Lipinski definition) is 6. The molecule has 0 radical (unpaired) electrons. The van der Waals surface area contributed by atoms with Crippen molar-refractivity contribution >= 4 is 23.1 Å². The number of halogens is 2. The molecule has 28 heavy (non-hydrogen) atoms. The van der Waals surface area contributed by atoms with Crippen molar-refractivity contribution in [3.63, 3.8) is 0 Å². The average Bonchev–Trinajstić information content (AvgIpc) is 2.70. The molecule has 0 unspecified atom stereocenters. The molecule has 7 nitrogen and oxygen atoms in total. The van der Waals surface area contributed by atoms with Crippen LogP contribution in [0.3, 0.4) is 0 Å². The van der Waals surface area contributed by atoms with Gasteiger partial charge in [0.25, 0.3) is 5.91 Å². The number of benzene rings is 2. The Balaban J connectivity index is 1.81. The average molecular weight is 386 g/mol. The molecule has 3 rings (SSSR count). The van der Waals surface area contributed by atoms with Gasteiger partial charge in [-0.2, -0.15) is 0 Å². The van der Waals surface area contributed by atoms with Crippen LogP contribution in [0.4, 0.5) is 26.0 Å². The molecule has 9 heteroatoms. The van der Waals surface area contributed by atoms with Gasteiger partial charge < -0.3 is 20.1 Å². The topological polar surface area (TPSA) is 85.4 Å². The third-order valence-corrected chi connectivity index (χ3v) is 3.75. The van der Waals surface area contributed by atoms with Gasteiger partial charge in [0.05, 0.1) is 25.6 Å². The van der Waals surface area contributed by atoms with Gasteiger partial charge in [-0.1, -0.05) is 0 Å². The van der Waals surface area contributed by atoms with E-state index in [9.17, 15) is 13.6 Å². The number of carbonyl (C=O) groups excluding carboxylic acids is 1. The number of hydrogen-bond donors (Lipinski definition) is 2. The van der Waals surface area contributed by atoms with Gasteiger partial charge >= 0.3 is 0 Å². The number of amides is 1. The van der Waals surface area contributed by atoms with Crippen LogP contribution in [0.2, 0.25) is 0 Å². The molecule has 0 aliphatic carbocycles. The fraction of sp³-hybridized carbons (Fsp3) is 0.105. The van der Waals surface area contributed by atoms with Crippen LogP contribution in [-0.2, 0) is 0 Å². The summed E-state index contributed by atoms with van der Waals surface area (Å²) in [5, 5.41) is 5.36. The first-order valence-corrected chi connectivity index (χ1v) is 8.07. The van der Waals surface area contributed by atoms with Crippen molar-refractivity contribution < 1.29 is 23.0 Å². The van der Waals surface area contributed by atoms with Crippen LogP contribution in [-0.4, -0.2) is 30.1 Å². The molecule has 0 bridgehead atoms. The van der Waals surface area contributed by atoms with Crippen LogP contribution in [0.15, 0.2) is 48.8 Å². The zero-order valence-electron chi connectivity index (χ0n) is 15.0. The number of rotatable bonds is 6. The lowest BCUT2D eigenvalue weighted by molar-refractivity contribution is 0.102. The number of carbonyl (C=O) groups is 1. The Morgan fingerprint density at radius 3 is 2.50 bits per heavy atom. The molecule has 0 spiro atoms. The van der Waals surface area contributed by atoms with Gasteiger partial charge in [0, 0.05) is 18.2 Å². The van der Waals surface area contributed by atoms with Crippen molar-refractivity contribution in [1.82, 2.24) is 9.97 Å². The molecule has 2 N–H and O–H groups in total. The Kier molecular flexibility index (Phi) is 5.64. The summed E-state index contributed by atoms with van der Waals surface area (Å²) < 4.78 is 37.2. The van der Waals surface area contributed by atoms with Gasteiger partial charge in [-0.25, -0.2) is 18.7 Å². The zero-order chi connectivity index (χ0) is 20.1. The van der Waals surface area contributed by atoms with E-state index in [-0.39, 0.29) is 17.2 Å². The summed E-state index contributed by atoms with van der Waals surface area (Å²) in [5.41, 5.74) is 0.440. The number of anilines is 3. The maximum absolute atomic E-state index is 13.8. The summed E-state index contributed by atoms with van der Waals surface area (Å²) in [5.74, 6) is -0.869. The molecule has 0 aliphatic heterocycles. The predicted molar refractivity (Wildman–Crippen MR) is 99.2 cm³/mol. The van der Waals surface area contributed by atoms with Gasteiger partial charge in [0.15, 0.2) is 0 Å². The van der Waals surface area contributed by atoms with E-state index in [4.69, 9.17) is 9.47 Å². The van der Waals surface area contributed by atoms with Crippen molar-refractivity contribution in [2.45, 2.75) is 0 Å². The highest BCUT2D eigenvalue weighted by atomic mass is 19.1. The third kappa shape index (κ3) is 4.32. The normalized spacial score (nSPS) is 10.3. The van der Waals surface area contributed by atoms with Crippen LogP contribution in [0.1, 0.15) is 10.5 Å². The van der Waals surface area contributed by atoms with Crippen LogP contribution >= 0.6 is 0 Å². The third-order valence-electron chi connectivity index (χ3n) is 3.75. The summed E-state index contributed by atoms with van der Waals surface area (Å²) in [6.45, 7) is 0. The van der Waals surface area contributed by atoms with Gasteiger partial charge in [-0.05, 0) is 24.3 Å². The van der Waals surface area contributed by atoms with Crippen molar-refractivity contribution in [3.05, 3.63) is 66.1 Å². The van der Waals surface area contributed by atoms with E-state index in [2.05, 4.69) is 20.6 Å². The standard InChI is InChI=1S/C19H16F2N4O3/c1-27-12-4-6-17(28-2)15(8-12)25-19(26)16-9-18(23-10-22-16)24-14-5-3-11(20)7-13(14)21/h3-10H,1-2H3,(H,25,26)(H,22,23,24). The summed E-state index contributed by atoms with van der Waals surface area (Å²) in [7, 11) is 2.98. The van der Waals surface area contributed by atoms with Crippen LogP contribution in [0.25, 0.3) is 0 Å². The Morgan fingerprint density at radius 1 is 0.964 bits per heavy atom. The van der Waals surface area contributed by atoms with Crippen LogP contribution in [0.5, 0.6) is 11.5 Å². The quantitative estimate of drug-likeness (QED) is 0.671. The Hall–Kier alpha value is -3.75. The molecule has 0 fully saturated rings. The molecule has 1 heterocycles. The van der Waals surface area contributed by atoms with Crippen molar-refractivity contribution in [1.29, 1.82) is 0 Å². The van der Waals surface area contributed by atoms with Gasteiger partial charge in [-0.15, -0.1) is 0 Å². The highest BCUT2D eigenvalue weighted by molar-refractivity contribution is 6.04. The first-order valence-electron chi connectivity index (χ1n) is 8.07. The molecular formula is C19H16F2N4O3. The Morgan fingerprint density at radius 2 is 1.79 bits per heavy atom. The second kappa shape index (κ2) is 8.30. The minimum absolute atomic E-state index is 0.0147. The fourth-order valence-electron chi connectivity index (χ4n) is 2.38. The van der Waals surface area contributed by atoms with E-state index in [1.807, 2.05) is 0 Å². The maximum atomic E-state index is 13.8. The molecule has 0 saturated carbocycles. The van der Waals surface area contributed by atoms with E-state index < -0.39 is 17.5 Å². The van der Waals surface area contributed by atoms with Crippen molar-refractivity contribution in [2.75, 3.05) is 24.9 Å². The van der Waals surface area contributed by atoms with Crippen molar-refractivity contribution in [3.8, 4) is 11.5 Å². The molecule has 1 amide bonds. The lowest BCUT2D eigenvalue weighted by Gasteiger charge is -2.12. The summed E-state index contributed by atoms with van der Waals surface area (Å²) in [4.78, 5) is 20.4. The second-order valence-corrected chi connectivity index (χ2v) is 5.56. The van der Waals surface area contributed by atoms with Gasteiger partial charge in [0.2, 0.25) is 0 Å². The summed E-state index contributed by atoms with van der Waals surface area (Å²) in [6, 6.07) is 9.36.